The van der Waals surface area contributed by atoms with Crippen LogP contribution in [0.5, 0.6) is 11.5 Å². The largest absolute Gasteiger partial charge is 0.456 e. The zero-order valence-electron chi connectivity index (χ0n) is 24.1. The van der Waals surface area contributed by atoms with Crippen LogP contribution < -0.4 is 31.7 Å². The van der Waals surface area contributed by atoms with Crippen molar-refractivity contribution in [3.05, 3.63) is 81.9 Å². The normalized spacial score (nSPS) is 14.5. The minimum atomic E-state index is -0.804. The molecule has 212 valence electrons. The Bertz CT molecular complexity index is 1330. The van der Waals surface area contributed by atoms with Crippen molar-refractivity contribution in [3.8, 4) is 11.5 Å². The van der Waals surface area contributed by atoms with Crippen LogP contribution in [0.1, 0.15) is 52.0 Å². The molecule has 0 unspecified atom stereocenters. The van der Waals surface area contributed by atoms with E-state index < -0.39 is 5.54 Å². The van der Waals surface area contributed by atoms with Crippen molar-refractivity contribution in [3.63, 3.8) is 0 Å². The van der Waals surface area contributed by atoms with Gasteiger partial charge in [0.1, 0.15) is 17.0 Å². The molecule has 5 rings (SSSR count). The Kier molecular flexibility index (Phi) is 8.30. The highest BCUT2D eigenvalue weighted by atomic mass is 16.5. The van der Waals surface area contributed by atoms with E-state index >= 15 is 0 Å². The average Bonchev–Trinajstić information content (AvgIpc) is 3.19. The number of nitrogens with one attached hydrogen (secondary N) is 4. The smallest absolute Gasteiger partial charge is 0.255 e. The van der Waals surface area contributed by atoms with Gasteiger partial charge in [-0.15, -0.1) is 0 Å². The average molecular weight is 543 g/mol. The second-order valence-corrected chi connectivity index (χ2v) is 10.5. The topological polar surface area (TPSA) is 104 Å². The third kappa shape index (κ3) is 4.70. The van der Waals surface area contributed by atoms with Crippen molar-refractivity contribution in [2.24, 2.45) is 5.73 Å². The first-order chi connectivity index (χ1) is 19.5. The summed E-state index contributed by atoms with van der Waals surface area (Å²) in [5, 5.41) is 13.8. The van der Waals surface area contributed by atoms with E-state index in [1.54, 1.807) is 0 Å². The van der Waals surface area contributed by atoms with Gasteiger partial charge in [-0.3, -0.25) is 4.79 Å². The first-order valence-electron chi connectivity index (χ1n) is 14.5. The Morgan fingerprint density at radius 2 is 1.38 bits per heavy atom. The van der Waals surface area contributed by atoms with Crippen molar-refractivity contribution in [2.75, 3.05) is 63.0 Å². The zero-order valence-corrected chi connectivity index (χ0v) is 24.1. The van der Waals surface area contributed by atoms with Crippen LogP contribution in [-0.4, -0.2) is 63.2 Å². The molecular weight excluding hydrogens is 500 g/mol. The number of amides is 1. The summed E-state index contributed by atoms with van der Waals surface area (Å²) in [4.78, 5) is 16.3. The standard InChI is InChI=1S/C32H42N6O2/c1-5-36-27-19-29-25(17-21(27)3)32(26-18-22(4)28(37-6-2)20-30(26)40-29)24-10-8-7-9-23(24)31(39)38(32)16-15-35-14-13-34-12-11-33/h7-10,17-20,34-37H,5-6,11-16,33H2,1-4H3. The van der Waals surface area contributed by atoms with Gasteiger partial charge in [0.2, 0.25) is 0 Å². The third-order valence-corrected chi connectivity index (χ3v) is 7.90. The van der Waals surface area contributed by atoms with Gasteiger partial charge in [0.25, 0.3) is 5.91 Å². The van der Waals surface area contributed by atoms with Gasteiger partial charge in [-0.05, 0) is 62.6 Å². The van der Waals surface area contributed by atoms with Gasteiger partial charge in [-0.25, -0.2) is 0 Å². The summed E-state index contributed by atoms with van der Waals surface area (Å²) in [5.41, 5.74) is 12.8. The first kappa shape index (κ1) is 28.0. The molecule has 0 aliphatic carbocycles. The number of carbonyl (C=O) groups is 1. The van der Waals surface area contributed by atoms with Gasteiger partial charge in [0, 0.05) is 92.6 Å². The van der Waals surface area contributed by atoms with E-state index in [9.17, 15) is 4.79 Å². The van der Waals surface area contributed by atoms with Gasteiger partial charge in [0.05, 0.1) is 0 Å². The predicted molar refractivity (Wildman–Crippen MR) is 163 cm³/mol. The number of carbonyl (C=O) groups excluding carboxylic acids is 1. The molecule has 0 saturated heterocycles. The zero-order chi connectivity index (χ0) is 28.3. The van der Waals surface area contributed by atoms with Gasteiger partial charge in [0.15, 0.2) is 0 Å². The molecule has 3 aromatic carbocycles. The maximum atomic E-state index is 14.2. The van der Waals surface area contributed by atoms with Crippen molar-refractivity contribution < 1.29 is 9.53 Å². The lowest BCUT2D eigenvalue weighted by Crippen LogP contribution is -2.50. The van der Waals surface area contributed by atoms with Crippen LogP contribution in [0, 0.1) is 13.8 Å². The van der Waals surface area contributed by atoms with E-state index in [0.29, 0.717) is 19.6 Å². The van der Waals surface area contributed by atoms with E-state index in [0.717, 1.165) is 89.0 Å². The Morgan fingerprint density at radius 3 is 1.95 bits per heavy atom. The highest BCUT2D eigenvalue weighted by Gasteiger charge is 2.56. The van der Waals surface area contributed by atoms with Crippen LogP contribution in [0.3, 0.4) is 0 Å². The quantitative estimate of drug-likeness (QED) is 0.219. The van der Waals surface area contributed by atoms with Gasteiger partial charge < -0.3 is 36.6 Å². The lowest BCUT2D eigenvalue weighted by atomic mass is 9.73. The highest BCUT2D eigenvalue weighted by molar-refractivity contribution is 6.02. The number of ether oxygens (including phenoxy) is 1. The molecular formula is C32H42N6O2. The van der Waals surface area contributed by atoms with Crippen LogP contribution >= 0.6 is 0 Å². The van der Waals surface area contributed by atoms with Crippen molar-refractivity contribution in [1.82, 2.24) is 15.5 Å². The molecule has 2 aliphatic rings. The number of aryl methyl sites for hydroxylation is 2. The molecule has 0 radical (unpaired) electrons. The second-order valence-electron chi connectivity index (χ2n) is 10.5. The molecule has 8 heteroatoms. The maximum absolute atomic E-state index is 14.2. The van der Waals surface area contributed by atoms with Crippen LogP contribution in [0.15, 0.2) is 48.5 Å². The van der Waals surface area contributed by atoms with Crippen molar-refractivity contribution in [1.29, 1.82) is 0 Å². The van der Waals surface area contributed by atoms with E-state index in [1.165, 1.54) is 0 Å². The van der Waals surface area contributed by atoms with Crippen molar-refractivity contribution >= 4 is 17.3 Å². The van der Waals surface area contributed by atoms with Crippen LogP contribution in [0.2, 0.25) is 0 Å². The molecule has 8 nitrogen and oxygen atoms in total. The van der Waals surface area contributed by atoms with Crippen molar-refractivity contribution in [2.45, 2.75) is 33.2 Å². The fourth-order valence-corrected chi connectivity index (χ4v) is 6.13. The number of anilines is 2. The predicted octanol–water partition coefficient (Wildman–Crippen LogP) is 4.16. The number of nitrogens with zero attached hydrogens (tertiary/aromatic N) is 1. The SMILES string of the molecule is CCNc1cc2c(cc1C)C1(c3cc(C)c(NCC)cc3O2)c2ccccc2C(=O)N1CCNCCNCCN. The number of hydrogen-bond donors (Lipinski definition) is 5. The lowest BCUT2D eigenvalue weighted by Gasteiger charge is -2.45. The molecule has 2 aliphatic heterocycles. The molecule has 0 saturated carbocycles. The van der Waals surface area contributed by atoms with E-state index in [2.05, 4.69) is 84.2 Å². The maximum Gasteiger partial charge on any atom is 0.255 e. The highest BCUT2D eigenvalue weighted by Crippen LogP contribution is 2.58. The van der Waals surface area contributed by atoms with E-state index in [1.807, 2.05) is 18.2 Å². The summed E-state index contributed by atoms with van der Waals surface area (Å²) in [6.45, 7) is 14.3. The second kappa shape index (κ2) is 11.9. The van der Waals surface area contributed by atoms with Crippen LogP contribution in [-0.2, 0) is 5.54 Å². The van der Waals surface area contributed by atoms with E-state index in [-0.39, 0.29) is 5.91 Å². The Balaban J connectivity index is 1.68. The molecule has 40 heavy (non-hydrogen) atoms. The first-order valence-corrected chi connectivity index (χ1v) is 14.5. The molecule has 2 heterocycles. The fraction of sp³-hybridized carbons (Fsp3) is 0.406. The molecule has 0 fully saturated rings. The minimum absolute atomic E-state index is 0.0410. The number of benzene rings is 3. The molecule has 3 aromatic rings. The Labute approximate surface area is 237 Å². The summed E-state index contributed by atoms with van der Waals surface area (Å²) in [7, 11) is 0. The molecule has 6 N–H and O–H groups in total. The number of nitrogens with two attached hydrogens (primary N) is 1. The van der Waals surface area contributed by atoms with Gasteiger partial charge >= 0.3 is 0 Å². The molecule has 1 spiro atoms. The van der Waals surface area contributed by atoms with E-state index in [4.69, 9.17) is 10.5 Å². The number of rotatable bonds is 12. The molecule has 0 atom stereocenters. The summed E-state index contributed by atoms with van der Waals surface area (Å²) in [6.07, 6.45) is 0. The minimum Gasteiger partial charge on any atom is -0.456 e. The molecule has 0 aromatic heterocycles. The summed E-state index contributed by atoms with van der Waals surface area (Å²) in [6, 6.07) is 16.7. The van der Waals surface area contributed by atoms with Gasteiger partial charge in [-0.2, -0.15) is 0 Å². The third-order valence-electron chi connectivity index (χ3n) is 7.90. The van der Waals surface area contributed by atoms with Crippen LogP contribution in [0.25, 0.3) is 0 Å². The number of fused-ring (bicyclic) bond motifs is 6. The van der Waals surface area contributed by atoms with Gasteiger partial charge in [-0.1, -0.05) is 18.2 Å². The summed E-state index contributed by atoms with van der Waals surface area (Å²) >= 11 is 0. The fourth-order valence-electron chi connectivity index (χ4n) is 6.13. The molecule has 0 bridgehead atoms. The van der Waals surface area contributed by atoms with Crippen LogP contribution in [0.4, 0.5) is 11.4 Å². The monoisotopic (exact) mass is 542 g/mol. The Morgan fingerprint density at radius 1 is 0.800 bits per heavy atom. The summed E-state index contributed by atoms with van der Waals surface area (Å²) in [5.74, 6) is 1.59. The number of hydrogen-bond acceptors (Lipinski definition) is 7. The Hall–Kier alpha value is -3.59. The summed E-state index contributed by atoms with van der Waals surface area (Å²) < 4.78 is 6.68. The lowest BCUT2D eigenvalue weighted by molar-refractivity contribution is 0.0668. The molecule has 1 amide bonds.